The number of carbonyl (C=O) groups excluding carboxylic acids is 1. The first kappa shape index (κ1) is 23.7. The van der Waals surface area contributed by atoms with Crippen LogP contribution in [-0.4, -0.2) is 72.0 Å². The highest BCUT2D eigenvalue weighted by atomic mass is 16.5. The Kier molecular flexibility index (Phi) is 8.58. The summed E-state index contributed by atoms with van der Waals surface area (Å²) >= 11 is 0. The maximum absolute atomic E-state index is 12.6. The van der Waals surface area contributed by atoms with Gasteiger partial charge in [0, 0.05) is 31.9 Å². The predicted molar refractivity (Wildman–Crippen MR) is 124 cm³/mol. The third-order valence-corrected chi connectivity index (χ3v) is 5.41. The topological polar surface area (TPSA) is 72.5 Å². The van der Waals surface area contributed by atoms with E-state index in [4.69, 9.17) is 18.9 Å². The Labute approximate surface area is 190 Å². The highest BCUT2D eigenvalue weighted by Gasteiger charge is 2.17. The summed E-state index contributed by atoms with van der Waals surface area (Å²) in [6.45, 7) is 4.60. The van der Waals surface area contributed by atoms with Crippen LogP contribution in [0.1, 0.15) is 11.1 Å². The number of likely N-dealkylation sites (N-methyl/N-ethyl adjacent to an activating group) is 1. The maximum atomic E-state index is 12.6. The number of hydrogen-bond acceptors (Lipinski definition) is 7. The van der Waals surface area contributed by atoms with Gasteiger partial charge in [0.05, 0.1) is 41.1 Å². The fraction of sp³-hybridized carbons (Fsp3) is 0.458. The molecule has 1 saturated heterocycles. The molecule has 0 aromatic heterocycles. The van der Waals surface area contributed by atoms with Crippen molar-refractivity contribution in [3.05, 3.63) is 47.5 Å². The number of morpholine rings is 1. The van der Waals surface area contributed by atoms with Crippen LogP contribution >= 0.6 is 0 Å². The Hall–Kier alpha value is -2.97. The van der Waals surface area contributed by atoms with Crippen molar-refractivity contribution in [2.45, 2.75) is 13.1 Å². The van der Waals surface area contributed by atoms with Crippen molar-refractivity contribution in [2.24, 2.45) is 0 Å². The number of methoxy groups -OCH3 is 3. The molecule has 8 heteroatoms. The van der Waals surface area contributed by atoms with Crippen molar-refractivity contribution >= 4 is 11.6 Å². The van der Waals surface area contributed by atoms with Crippen LogP contribution in [0.4, 0.5) is 5.69 Å². The van der Waals surface area contributed by atoms with Gasteiger partial charge in [0.15, 0.2) is 11.5 Å². The second-order valence-corrected chi connectivity index (χ2v) is 7.71. The van der Waals surface area contributed by atoms with Crippen molar-refractivity contribution in [3.8, 4) is 17.2 Å². The lowest BCUT2D eigenvalue weighted by atomic mass is 10.1. The molecule has 1 aliphatic rings. The number of rotatable bonds is 10. The van der Waals surface area contributed by atoms with Gasteiger partial charge < -0.3 is 29.2 Å². The number of nitrogens with zero attached hydrogens (tertiary/aromatic N) is 2. The molecule has 174 valence electrons. The Morgan fingerprint density at radius 2 is 1.72 bits per heavy atom. The molecule has 0 bridgehead atoms. The molecule has 0 aliphatic carbocycles. The number of hydrogen-bond donors (Lipinski definition) is 1. The molecule has 1 aliphatic heterocycles. The van der Waals surface area contributed by atoms with Crippen molar-refractivity contribution in [1.82, 2.24) is 10.2 Å². The zero-order valence-electron chi connectivity index (χ0n) is 19.3. The Morgan fingerprint density at radius 1 is 1.06 bits per heavy atom. The summed E-state index contributed by atoms with van der Waals surface area (Å²) in [5.74, 6) is 1.61. The van der Waals surface area contributed by atoms with Crippen LogP contribution in [-0.2, 0) is 22.6 Å². The summed E-state index contributed by atoms with van der Waals surface area (Å²) in [6.07, 6.45) is 0. The molecule has 1 N–H and O–H groups in total. The summed E-state index contributed by atoms with van der Waals surface area (Å²) < 4.78 is 21.6. The summed E-state index contributed by atoms with van der Waals surface area (Å²) in [4.78, 5) is 16.9. The fourth-order valence-corrected chi connectivity index (χ4v) is 3.84. The van der Waals surface area contributed by atoms with Gasteiger partial charge in [-0.05, 0) is 36.4 Å². The second-order valence-electron chi connectivity index (χ2n) is 7.71. The normalized spacial score (nSPS) is 13.7. The second kappa shape index (κ2) is 11.6. The van der Waals surface area contributed by atoms with E-state index in [0.717, 1.165) is 31.9 Å². The third-order valence-electron chi connectivity index (χ3n) is 5.41. The molecular formula is C24H33N3O5. The minimum atomic E-state index is -0.0508. The standard InChI is InChI=1S/C24H33N3O5/c1-26(16-19-7-5-6-8-20(19)27-9-11-32-12-10-27)17-23(28)25-15-18-13-21(29-2)24(31-4)22(14-18)30-3/h5-8,13-14H,9-12,15-17H2,1-4H3,(H,25,28). The van der Waals surface area contributed by atoms with Gasteiger partial charge in [-0.1, -0.05) is 18.2 Å². The third kappa shape index (κ3) is 6.05. The first-order valence-corrected chi connectivity index (χ1v) is 10.7. The van der Waals surface area contributed by atoms with Gasteiger partial charge in [0.1, 0.15) is 0 Å². The molecule has 0 radical (unpaired) electrons. The lowest BCUT2D eigenvalue weighted by molar-refractivity contribution is -0.122. The molecule has 2 aromatic carbocycles. The van der Waals surface area contributed by atoms with E-state index >= 15 is 0 Å². The molecule has 0 saturated carbocycles. The van der Waals surface area contributed by atoms with Crippen molar-refractivity contribution in [2.75, 3.05) is 66.1 Å². The number of para-hydroxylation sites is 1. The first-order valence-electron chi connectivity index (χ1n) is 10.7. The largest absolute Gasteiger partial charge is 0.493 e. The monoisotopic (exact) mass is 443 g/mol. The Balaban J connectivity index is 1.57. The van der Waals surface area contributed by atoms with E-state index in [-0.39, 0.29) is 5.91 Å². The van der Waals surface area contributed by atoms with Crippen LogP contribution in [0.25, 0.3) is 0 Å². The molecule has 0 unspecified atom stereocenters. The predicted octanol–water partition coefficient (Wildman–Crippen LogP) is 2.30. The molecule has 32 heavy (non-hydrogen) atoms. The van der Waals surface area contributed by atoms with Gasteiger partial charge in [-0.15, -0.1) is 0 Å². The number of benzene rings is 2. The van der Waals surface area contributed by atoms with E-state index in [1.165, 1.54) is 11.3 Å². The number of anilines is 1. The molecule has 1 amide bonds. The van der Waals surface area contributed by atoms with E-state index in [9.17, 15) is 4.79 Å². The van der Waals surface area contributed by atoms with E-state index < -0.39 is 0 Å². The fourth-order valence-electron chi connectivity index (χ4n) is 3.84. The van der Waals surface area contributed by atoms with Gasteiger partial charge in [0.2, 0.25) is 11.7 Å². The van der Waals surface area contributed by atoms with Gasteiger partial charge in [0.25, 0.3) is 0 Å². The molecule has 0 atom stereocenters. The highest BCUT2D eigenvalue weighted by Crippen LogP contribution is 2.38. The van der Waals surface area contributed by atoms with E-state index in [0.29, 0.717) is 36.9 Å². The molecule has 0 spiro atoms. The van der Waals surface area contributed by atoms with Crippen molar-refractivity contribution in [1.29, 1.82) is 0 Å². The molecule has 1 fully saturated rings. The smallest absolute Gasteiger partial charge is 0.234 e. The van der Waals surface area contributed by atoms with Gasteiger partial charge in [-0.2, -0.15) is 0 Å². The lowest BCUT2D eigenvalue weighted by Gasteiger charge is -2.31. The quantitative estimate of drug-likeness (QED) is 0.604. The summed E-state index contributed by atoms with van der Waals surface area (Å²) in [5.41, 5.74) is 3.28. The van der Waals surface area contributed by atoms with Crippen molar-refractivity contribution in [3.63, 3.8) is 0 Å². The summed E-state index contributed by atoms with van der Waals surface area (Å²) in [6, 6.07) is 12.0. The van der Waals surface area contributed by atoms with Crippen LogP contribution in [0.15, 0.2) is 36.4 Å². The maximum Gasteiger partial charge on any atom is 0.234 e. The minimum Gasteiger partial charge on any atom is -0.493 e. The van der Waals surface area contributed by atoms with Gasteiger partial charge in [-0.3, -0.25) is 9.69 Å². The molecular weight excluding hydrogens is 410 g/mol. The van der Waals surface area contributed by atoms with E-state index in [2.05, 4.69) is 28.4 Å². The molecule has 8 nitrogen and oxygen atoms in total. The lowest BCUT2D eigenvalue weighted by Crippen LogP contribution is -2.38. The summed E-state index contributed by atoms with van der Waals surface area (Å²) in [7, 11) is 6.66. The minimum absolute atomic E-state index is 0.0508. The number of carbonyl (C=O) groups is 1. The number of nitrogens with one attached hydrogen (secondary N) is 1. The van der Waals surface area contributed by atoms with E-state index in [1.807, 2.05) is 30.1 Å². The molecule has 3 rings (SSSR count). The number of amides is 1. The van der Waals surface area contributed by atoms with Gasteiger partial charge >= 0.3 is 0 Å². The summed E-state index contributed by atoms with van der Waals surface area (Å²) in [5, 5.41) is 2.97. The average molecular weight is 444 g/mol. The average Bonchev–Trinajstić information content (AvgIpc) is 2.82. The van der Waals surface area contributed by atoms with Crippen molar-refractivity contribution < 1.29 is 23.7 Å². The zero-order valence-corrected chi connectivity index (χ0v) is 19.3. The van der Waals surface area contributed by atoms with E-state index in [1.54, 1.807) is 21.3 Å². The SMILES string of the molecule is COc1cc(CNC(=O)CN(C)Cc2ccccc2N2CCOCC2)cc(OC)c1OC. The first-order chi connectivity index (χ1) is 15.5. The zero-order chi connectivity index (χ0) is 22.9. The van der Waals surface area contributed by atoms with Gasteiger partial charge in [-0.25, -0.2) is 0 Å². The van der Waals surface area contributed by atoms with Crippen LogP contribution in [0.3, 0.4) is 0 Å². The van der Waals surface area contributed by atoms with Crippen LogP contribution in [0.5, 0.6) is 17.2 Å². The molecule has 1 heterocycles. The van der Waals surface area contributed by atoms with Crippen LogP contribution < -0.4 is 24.4 Å². The van der Waals surface area contributed by atoms with Crippen LogP contribution in [0, 0.1) is 0 Å². The Morgan fingerprint density at radius 3 is 2.34 bits per heavy atom. The highest BCUT2D eigenvalue weighted by molar-refractivity contribution is 5.78. The Bertz CT molecular complexity index is 874. The molecule has 2 aromatic rings. The number of ether oxygens (including phenoxy) is 4. The van der Waals surface area contributed by atoms with Crippen LogP contribution in [0.2, 0.25) is 0 Å².